The third-order valence-electron chi connectivity index (χ3n) is 4.31. The quantitative estimate of drug-likeness (QED) is 0.460. The van der Waals surface area contributed by atoms with E-state index in [0.717, 1.165) is 15.6 Å². The molecular weight excluding hydrogens is 382 g/mol. The average Bonchev–Trinajstić information content (AvgIpc) is 3.27. The number of carbonyl (C=O) groups excluding carboxylic acids is 1. The minimum atomic E-state index is -0.336. The molecule has 5 nitrogen and oxygen atoms in total. The van der Waals surface area contributed by atoms with Crippen LogP contribution in [0.25, 0.3) is 21.3 Å². The van der Waals surface area contributed by atoms with Crippen LogP contribution >= 0.6 is 22.9 Å². The summed E-state index contributed by atoms with van der Waals surface area (Å²) in [6.07, 6.45) is 0. The molecule has 0 aliphatic heterocycles. The molecule has 0 unspecified atom stereocenters. The summed E-state index contributed by atoms with van der Waals surface area (Å²) in [7, 11) is 0. The Morgan fingerprint density at radius 3 is 2.56 bits per heavy atom. The van der Waals surface area contributed by atoms with Crippen molar-refractivity contribution in [2.45, 2.75) is 19.8 Å². The normalized spacial score (nSPS) is 11.3. The molecule has 0 aliphatic rings. The van der Waals surface area contributed by atoms with Gasteiger partial charge < -0.3 is 5.32 Å². The summed E-state index contributed by atoms with van der Waals surface area (Å²) in [5, 5.41) is 11.8. The molecular formula is C20H16ClN3O2S. The number of carbonyl (C=O) groups is 1. The first kappa shape index (κ1) is 17.7. The summed E-state index contributed by atoms with van der Waals surface area (Å²) in [5.41, 5.74) is 2.52. The number of thiophene rings is 1. The maximum absolute atomic E-state index is 12.7. The number of fused-ring (bicyclic) bond motifs is 1. The van der Waals surface area contributed by atoms with Gasteiger partial charge in [-0.3, -0.25) is 4.79 Å². The van der Waals surface area contributed by atoms with Crippen LogP contribution in [0.4, 0.5) is 5.82 Å². The molecule has 0 spiro atoms. The minimum Gasteiger partial charge on any atom is -0.301 e. The van der Waals surface area contributed by atoms with Crippen molar-refractivity contribution in [3.8, 4) is 11.3 Å². The summed E-state index contributed by atoms with van der Waals surface area (Å²) in [4.78, 5) is 13.2. The second kappa shape index (κ2) is 7.13. The number of rotatable bonds is 4. The average molecular weight is 398 g/mol. The molecule has 0 aliphatic carbocycles. The molecule has 1 amide bonds. The highest BCUT2D eigenvalue weighted by Crippen LogP contribution is 2.36. The summed E-state index contributed by atoms with van der Waals surface area (Å²) >= 11 is 7.72. The van der Waals surface area contributed by atoms with Crippen LogP contribution in [0.3, 0.4) is 0 Å². The van der Waals surface area contributed by atoms with Gasteiger partial charge in [-0.2, -0.15) is 0 Å². The van der Waals surface area contributed by atoms with Crippen molar-refractivity contribution in [3.63, 3.8) is 0 Å². The summed E-state index contributed by atoms with van der Waals surface area (Å²) in [6.45, 7) is 4.26. The first-order valence-electron chi connectivity index (χ1n) is 8.46. The highest BCUT2D eigenvalue weighted by Gasteiger charge is 2.21. The molecule has 27 heavy (non-hydrogen) atoms. The van der Waals surface area contributed by atoms with Gasteiger partial charge >= 0.3 is 0 Å². The Morgan fingerprint density at radius 1 is 1.11 bits per heavy atom. The number of hydrogen-bond acceptors (Lipinski definition) is 5. The lowest BCUT2D eigenvalue weighted by atomic mass is 10.0. The summed E-state index contributed by atoms with van der Waals surface area (Å²) < 4.78 is 5.81. The molecule has 7 heteroatoms. The van der Waals surface area contributed by atoms with E-state index in [1.807, 2.05) is 48.5 Å². The lowest BCUT2D eigenvalue weighted by Gasteiger charge is -2.06. The van der Waals surface area contributed by atoms with Gasteiger partial charge in [0.15, 0.2) is 5.69 Å². The lowest BCUT2D eigenvalue weighted by molar-refractivity contribution is 0.103. The van der Waals surface area contributed by atoms with E-state index in [2.05, 4.69) is 29.5 Å². The van der Waals surface area contributed by atoms with Crippen molar-refractivity contribution < 1.29 is 9.42 Å². The Labute approximate surface area is 164 Å². The van der Waals surface area contributed by atoms with Crippen molar-refractivity contribution >= 4 is 44.7 Å². The number of nitrogens with one attached hydrogen (secondary N) is 1. The third-order valence-corrected chi connectivity index (χ3v) is 5.99. The molecule has 0 atom stereocenters. The Balaban J connectivity index is 1.63. The van der Waals surface area contributed by atoms with Gasteiger partial charge in [-0.1, -0.05) is 67.9 Å². The van der Waals surface area contributed by atoms with Crippen molar-refractivity contribution in [1.82, 2.24) is 10.3 Å². The summed E-state index contributed by atoms with van der Waals surface area (Å²) in [5.74, 6) is 0.367. The van der Waals surface area contributed by atoms with Crippen LogP contribution in [0.2, 0.25) is 5.02 Å². The van der Waals surface area contributed by atoms with Crippen molar-refractivity contribution in [1.29, 1.82) is 0 Å². The zero-order valence-electron chi connectivity index (χ0n) is 14.7. The van der Waals surface area contributed by atoms with Crippen LogP contribution in [0.5, 0.6) is 0 Å². The van der Waals surface area contributed by atoms with Crippen LogP contribution in [0.1, 0.15) is 35.0 Å². The van der Waals surface area contributed by atoms with E-state index in [1.165, 1.54) is 16.9 Å². The molecule has 0 bridgehead atoms. The highest BCUT2D eigenvalue weighted by molar-refractivity contribution is 7.21. The third kappa shape index (κ3) is 3.34. The maximum atomic E-state index is 12.7. The fraction of sp³-hybridized carbons (Fsp3) is 0.150. The number of hydrogen-bond donors (Lipinski definition) is 1. The van der Waals surface area contributed by atoms with E-state index < -0.39 is 0 Å². The van der Waals surface area contributed by atoms with Gasteiger partial charge in [0.1, 0.15) is 4.88 Å². The molecule has 4 rings (SSSR count). The molecule has 0 saturated heterocycles. The van der Waals surface area contributed by atoms with Gasteiger partial charge in [0, 0.05) is 15.6 Å². The molecule has 0 fully saturated rings. The van der Waals surface area contributed by atoms with Crippen molar-refractivity contribution in [2.24, 2.45) is 0 Å². The highest BCUT2D eigenvalue weighted by atomic mass is 35.5. The van der Waals surface area contributed by atoms with Crippen LogP contribution in [-0.2, 0) is 0 Å². The van der Waals surface area contributed by atoms with Gasteiger partial charge in [0.2, 0.25) is 5.82 Å². The molecule has 0 radical (unpaired) electrons. The molecule has 2 aromatic carbocycles. The second-order valence-corrected chi connectivity index (χ2v) is 7.86. The van der Waals surface area contributed by atoms with E-state index in [4.69, 9.17) is 16.2 Å². The van der Waals surface area contributed by atoms with Gasteiger partial charge in [0.25, 0.3) is 5.91 Å². The maximum Gasteiger partial charge on any atom is 0.268 e. The van der Waals surface area contributed by atoms with E-state index in [-0.39, 0.29) is 11.7 Å². The van der Waals surface area contributed by atoms with Gasteiger partial charge in [0.05, 0.1) is 5.02 Å². The zero-order chi connectivity index (χ0) is 19.0. The van der Waals surface area contributed by atoms with Crippen LogP contribution < -0.4 is 5.32 Å². The summed E-state index contributed by atoms with van der Waals surface area (Å²) in [6, 6.07) is 15.6. The van der Waals surface area contributed by atoms with Crippen molar-refractivity contribution in [2.75, 3.05) is 5.32 Å². The number of anilines is 1. The van der Waals surface area contributed by atoms with Gasteiger partial charge in [-0.25, -0.2) is 4.63 Å². The molecule has 2 aromatic heterocycles. The minimum absolute atomic E-state index is 0.269. The van der Waals surface area contributed by atoms with Crippen LogP contribution in [-0.4, -0.2) is 16.2 Å². The van der Waals surface area contributed by atoms with Crippen LogP contribution in [0.15, 0.2) is 53.2 Å². The number of amides is 1. The molecule has 4 aromatic rings. The Bertz CT molecular complexity index is 1120. The van der Waals surface area contributed by atoms with E-state index in [1.54, 1.807) is 0 Å². The van der Waals surface area contributed by atoms with E-state index in [0.29, 0.717) is 21.5 Å². The topological polar surface area (TPSA) is 68.0 Å². The second-order valence-electron chi connectivity index (χ2n) is 6.43. The standard InChI is InChI=1S/C20H16ClN3O2S/c1-11(2)12-7-9-13(10-8-12)17-19(24-26-23-17)22-20(25)18-16(21)14-5-3-4-6-15(14)27-18/h3-11H,1-2H3,(H,22,24,25). The molecule has 0 saturated carbocycles. The zero-order valence-corrected chi connectivity index (χ0v) is 16.3. The monoisotopic (exact) mass is 397 g/mol. The number of aromatic nitrogens is 2. The first-order valence-corrected chi connectivity index (χ1v) is 9.65. The van der Waals surface area contributed by atoms with Gasteiger partial charge in [-0.05, 0) is 27.9 Å². The Kier molecular flexibility index (Phi) is 4.68. The molecule has 136 valence electrons. The van der Waals surface area contributed by atoms with Gasteiger partial charge in [-0.15, -0.1) is 11.3 Å². The SMILES string of the molecule is CC(C)c1ccc(-c2nonc2NC(=O)c2sc3ccccc3c2Cl)cc1. The van der Waals surface area contributed by atoms with Crippen LogP contribution in [0, 0.1) is 0 Å². The first-order chi connectivity index (χ1) is 13.0. The molecule has 2 heterocycles. The fourth-order valence-electron chi connectivity index (χ4n) is 2.81. The lowest BCUT2D eigenvalue weighted by Crippen LogP contribution is -2.11. The van der Waals surface area contributed by atoms with Crippen molar-refractivity contribution in [3.05, 3.63) is 64.0 Å². The number of halogens is 1. The Hall–Kier alpha value is -2.70. The number of benzene rings is 2. The largest absolute Gasteiger partial charge is 0.301 e. The predicted molar refractivity (Wildman–Crippen MR) is 109 cm³/mol. The predicted octanol–water partition coefficient (Wildman–Crippen LogP) is 5.98. The number of nitrogens with zero attached hydrogens (tertiary/aromatic N) is 2. The molecule has 1 N–H and O–H groups in total. The van der Waals surface area contributed by atoms with E-state index >= 15 is 0 Å². The Morgan fingerprint density at radius 2 is 1.85 bits per heavy atom. The fourth-order valence-corrected chi connectivity index (χ4v) is 4.22. The smallest absolute Gasteiger partial charge is 0.268 e. The van der Waals surface area contributed by atoms with E-state index in [9.17, 15) is 4.79 Å².